The Hall–Kier alpha value is -1.11. The zero-order valence-corrected chi connectivity index (χ0v) is 11.3. The maximum Gasteiger partial charge on any atom is 0.338 e. The number of aromatic carboxylic acids is 1. The van der Waals surface area contributed by atoms with Gasteiger partial charge in [0, 0.05) is 5.56 Å². The van der Waals surface area contributed by atoms with Crippen LogP contribution in [-0.4, -0.2) is 23.0 Å². The first-order valence-corrected chi connectivity index (χ1v) is 6.73. The molecule has 0 saturated heterocycles. The van der Waals surface area contributed by atoms with Gasteiger partial charge in [-0.05, 0) is 23.3 Å². The lowest BCUT2D eigenvalue weighted by Gasteiger charge is -2.09. The van der Waals surface area contributed by atoms with E-state index in [0.29, 0.717) is 6.61 Å². The molecule has 17 heavy (non-hydrogen) atoms. The molecule has 0 radical (unpaired) electrons. The zero-order valence-electron chi connectivity index (χ0n) is 9.15. The maximum atomic E-state index is 11.6. The number of carboxylic acid groups (broad SMARTS) is 1. The van der Waals surface area contributed by atoms with Gasteiger partial charge in [0.25, 0.3) is 0 Å². The summed E-state index contributed by atoms with van der Waals surface area (Å²) in [6.45, 7) is 0.309. The number of rotatable bonds is 6. The second-order valence-corrected chi connectivity index (χ2v) is 4.44. The van der Waals surface area contributed by atoms with E-state index in [1.54, 1.807) is 6.07 Å². The quantitative estimate of drug-likeness (QED) is 0.338. The van der Waals surface area contributed by atoms with Gasteiger partial charge in [-0.25, -0.2) is 4.79 Å². The first-order chi connectivity index (χ1) is 8.16. The minimum Gasteiger partial charge on any atom is -0.545 e. The van der Waals surface area contributed by atoms with Crippen molar-refractivity contribution in [3.8, 4) is 0 Å². The Morgan fingerprint density at radius 1 is 1.18 bits per heavy atom. The fraction of sp³-hybridized carbons (Fsp3) is 0.333. The van der Waals surface area contributed by atoms with E-state index < -0.39 is 11.9 Å². The van der Waals surface area contributed by atoms with E-state index in [0.717, 1.165) is 17.3 Å². The number of ether oxygens (including phenoxy) is 1. The highest BCUT2D eigenvalue weighted by Gasteiger charge is 2.12. The van der Waals surface area contributed by atoms with Gasteiger partial charge in [-0.2, -0.15) is 0 Å². The number of carboxylic acids is 1. The molecule has 0 heterocycles. The van der Waals surface area contributed by atoms with Crippen LogP contribution in [-0.2, 0) is 4.74 Å². The Bertz CT molecular complexity index is 403. The van der Waals surface area contributed by atoms with Crippen LogP contribution in [0, 0.1) is 0 Å². The first-order valence-electron chi connectivity index (χ1n) is 5.20. The monoisotopic (exact) mass is 347 g/mol. The van der Waals surface area contributed by atoms with Gasteiger partial charge in [0.05, 0.1) is 18.1 Å². The number of unbranched alkanes of at least 4 members (excludes halogenated alkanes) is 1. The predicted octanol–water partition coefficient (Wildman–Crippen LogP) is 1.42. The molecule has 1 aromatic carbocycles. The van der Waals surface area contributed by atoms with Crippen LogP contribution in [0.25, 0.3) is 0 Å². The zero-order chi connectivity index (χ0) is 12.7. The van der Waals surface area contributed by atoms with E-state index in [1.165, 1.54) is 18.2 Å². The third-order valence-electron chi connectivity index (χ3n) is 2.13. The molecular weight excluding hydrogens is 335 g/mol. The molecule has 0 aliphatic heterocycles. The molecule has 0 unspecified atom stereocenters. The normalized spacial score (nSPS) is 9.94. The minimum absolute atomic E-state index is 0.0435. The van der Waals surface area contributed by atoms with Crippen LogP contribution in [0.3, 0.4) is 0 Å². The lowest BCUT2D eigenvalue weighted by Crippen LogP contribution is -2.25. The second-order valence-electron chi connectivity index (χ2n) is 3.37. The summed E-state index contributed by atoms with van der Waals surface area (Å²) in [5.74, 6) is -1.98. The van der Waals surface area contributed by atoms with Crippen molar-refractivity contribution in [2.75, 3.05) is 11.0 Å². The Labute approximate surface area is 113 Å². The van der Waals surface area contributed by atoms with E-state index in [4.69, 9.17) is 4.74 Å². The molecule has 0 atom stereocenters. The number of carbonyl (C=O) groups is 2. The van der Waals surface area contributed by atoms with Crippen molar-refractivity contribution in [2.24, 2.45) is 0 Å². The molecule has 0 aliphatic carbocycles. The highest BCUT2D eigenvalue weighted by atomic mass is 127. The third kappa shape index (κ3) is 4.33. The molecule has 5 heteroatoms. The van der Waals surface area contributed by atoms with Crippen LogP contribution in [0.5, 0.6) is 0 Å². The van der Waals surface area contributed by atoms with Gasteiger partial charge in [-0.3, -0.25) is 0 Å². The molecule has 0 amide bonds. The van der Waals surface area contributed by atoms with E-state index in [2.05, 4.69) is 22.6 Å². The Balaban J connectivity index is 2.65. The van der Waals surface area contributed by atoms with Gasteiger partial charge < -0.3 is 14.6 Å². The van der Waals surface area contributed by atoms with Crippen molar-refractivity contribution in [1.29, 1.82) is 0 Å². The first kappa shape index (κ1) is 14.0. The van der Waals surface area contributed by atoms with Gasteiger partial charge >= 0.3 is 5.97 Å². The largest absolute Gasteiger partial charge is 0.545 e. The van der Waals surface area contributed by atoms with Crippen molar-refractivity contribution >= 4 is 34.5 Å². The fourth-order valence-corrected chi connectivity index (χ4v) is 1.82. The van der Waals surface area contributed by atoms with Crippen molar-refractivity contribution < 1.29 is 19.4 Å². The third-order valence-corrected chi connectivity index (χ3v) is 2.89. The lowest BCUT2D eigenvalue weighted by atomic mass is 10.1. The molecular formula is C12H12IO4-. The van der Waals surface area contributed by atoms with E-state index in [-0.39, 0.29) is 11.1 Å². The molecule has 0 saturated carbocycles. The van der Waals surface area contributed by atoms with Crippen LogP contribution in [0.2, 0.25) is 0 Å². The highest BCUT2D eigenvalue weighted by Crippen LogP contribution is 2.10. The van der Waals surface area contributed by atoms with Gasteiger partial charge in [0.15, 0.2) is 0 Å². The number of carbonyl (C=O) groups excluding carboxylic acids is 2. The van der Waals surface area contributed by atoms with Gasteiger partial charge in [-0.1, -0.05) is 40.8 Å². The average Bonchev–Trinajstić information content (AvgIpc) is 2.34. The summed E-state index contributed by atoms with van der Waals surface area (Å²) >= 11 is 2.24. The summed E-state index contributed by atoms with van der Waals surface area (Å²) in [5.41, 5.74) is -0.0895. The van der Waals surface area contributed by atoms with Crippen molar-refractivity contribution in [1.82, 2.24) is 0 Å². The standard InChI is InChI=1S/C12H13IO4/c13-7-3-4-8-17-12(16)10-6-2-1-5-9(10)11(14)15/h1-2,5-6H,3-4,7-8H2,(H,14,15)/p-1. The van der Waals surface area contributed by atoms with Crippen molar-refractivity contribution in [3.05, 3.63) is 35.4 Å². The predicted molar refractivity (Wildman–Crippen MR) is 69.2 cm³/mol. The molecule has 1 aromatic rings. The van der Waals surface area contributed by atoms with Crippen molar-refractivity contribution in [3.63, 3.8) is 0 Å². The van der Waals surface area contributed by atoms with Crippen LogP contribution in [0.1, 0.15) is 33.6 Å². The molecule has 1 rings (SSSR count). The molecule has 0 spiro atoms. The van der Waals surface area contributed by atoms with E-state index in [1.807, 2.05) is 0 Å². The summed E-state index contributed by atoms with van der Waals surface area (Å²) in [4.78, 5) is 22.4. The maximum absolute atomic E-state index is 11.6. The van der Waals surface area contributed by atoms with Gasteiger partial charge in [0.2, 0.25) is 0 Å². The number of halogens is 1. The van der Waals surface area contributed by atoms with E-state index >= 15 is 0 Å². The summed E-state index contributed by atoms with van der Waals surface area (Å²) < 4.78 is 5.99. The van der Waals surface area contributed by atoms with E-state index in [9.17, 15) is 14.7 Å². The smallest absolute Gasteiger partial charge is 0.338 e. The van der Waals surface area contributed by atoms with Gasteiger partial charge in [0.1, 0.15) is 0 Å². The molecule has 0 aromatic heterocycles. The summed E-state index contributed by atoms with van der Waals surface area (Å²) in [7, 11) is 0. The minimum atomic E-state index is -1.37. The average molecular weight is 347 g/mol. The number of esters is 1. The summed E-state index contributed by atoms with van der Waals surface area (Å²) in [6.07, 6.45) is 1.75. The second kappa shape index (κ2) is 7.26. The lowest BCUT2D eigenvalue weighted by molar-refractivity contribution is -0.255. The molecule has 0 bridgehead atoms. The number of hydrogen-bond acceptors (Lipinski definition) is 4. The molecule has 92 valence electrons. The van der Waals surface area contributed by atoms with Crippen molar-refractivity contribution in [2.45, 2.75) is 12.8 Å². The Morgan fingerprint density at radius 2 is 1.82 bits per heavy atom. The Kier molecular flexibility index (Phi) is 5.96. The van der Waals surface area contributed by atoms with Gasteiger partial charge in [-0.15, -0.1) is 0 Å². The van der Waals surface area contributed by atoms with Crippen LogP contribution in [0.15, 0.2) is 24.3 Å². The molecule has 4 nitrogen and oxygen atoms in total. The summed E-state index contributed by atoms with van der Waals surface area (Å²) in [6, 6.07) is 5.88. The highest BCUT2D eigenvalue weighted by molar-refractivity contribution is 14.1. The summed E-state index contributed by atoms with van der Waals surface area (Å²) in [5, 5.41) is 10.8. The molecule has 0 N–H and O–H groups in total. The molecule has 0 aliphatic rings. The molecule has 0 fully saturated rings. The SMILES string of the molecule is O=C([O-])c1ccccc1C(=O)OCCCCI. The number of benzene rings is 1. The number of alkyl halides is 1. The fourth-order valence-electron chi connectivity index (χ4n) is 1.28. The topological polar surface area (TPSA) is 66.4 Å². The Morgan fingerprint density at radius 3 is 2.41 bits per heavy atom. The van der Waals surface area contributed by atoms with Crippen LogP contribution < -0.4 is 5.11 Å². The van der Waals surface area contributed by atoms with Crippen LogP contribution >= 0.6 is 22.6 Å². The van der Waals surface area contributed by atoms with Crippen LogP contribution in [0.4, 0.5) is 0 Å². The number of hydrogen-bond donors (Lipinski definition) is 0.